The number of nitrogens with one attached hydrogen (secondary N) is 1. The molecule has 0 saturated heterocycles. The van der Waals surface area contributed by atoms with E-state index < -0.39 is 0 Å². The maximum Gasteiger partial charge on any atom is 0.0794 e. The van der Waals surface area contributed by atoms with Crippen LogP contribution in [0.2, 0.25) is 5.02 Å². The highest BCUT2D eigenvalue weighted by Gasteiger charge is 2.19. The Bertz CT molecular complexity index is 493. The van der Waals surface area contributed by atoms with Crippen molar-refractivity contribution in [2.24, 2.45) is 5.92 Å². The SMILES string of the molecule is CC(NC(c1ccc(Cl)cc1)C(C)C)c1cncs1. The highest BCUT2D eigenvalue weighted by molar-refractivity contribution is 7.09. The zero-order valence-electron chi connectivity index (χ0n) is 11.4. The Hall–Kier alpha value is -0.900. The molecule has 0 fully saturated rings. The standard InChI is InChI=1S/C15H19ClN2S/c1-10(2)15(12-4-6-13(16)7-5-12)18-11(3)14-8-17-9-19-14/h4-11,15,18H,1-3H3. The summed E-state index contributed by atoms with van der Waals surface area (Å²) >= 11 is 7.64. The fourth-order valence-electron chi connectivity index (χ4n) is 2.13. The number of hydrogen-bond acceptors (Lipinski definition) is 3. The number of benzene rings is 1. The van der Waals surface area contributed by atoms with Gasteiger partial charge in [-0.2, -0.15) is 0 Å². The predicted molar refractivity (Wildman–Crippen MR) is 82.7 cm³/mol. The summed E-state index contributed by atoms with van der Waals surface area (Å²) in [4.78, 5) is 5.40. The van der Waals surface area contributed by atoms with E-state index >= 15 is 0 Å². The van der Waals surface area contributed by atoms with E-state index in [1.54, 1.807) is 11.3 Å². The van der Waals surface area contributed by atoms with Crippen LogP contribution in [0, 0.1) is 5.92 Å². The summed E-state index contributed by atoms with van der Waals surface area (Å²) in [5.74, 6) is 0.511. The minimum absolute atomic E-state index is 0.301. The molecule has 0 spiro atoms. The average Bonchev–Trinajstić information content (AvgIpc) is 2.90. The normalized spacial score (nSPS) is 14.6. The van der Waals surface area contributed by atoms with Crippen molar-refractivity contribution in [2.75, 3.05) is 0 Å². The number of thiazole rings is 1. The Morgan fingerprint density at radius 1 is 1.16 bits per heavy atom. The lowest BCUT2D eigenvalue weighted by atomic mass is 9.95. The molecule has 0 aliphatic carbocycles. The van der Waals surface area contributed by atoms with Crippen LogP contribution in [0.3, 0.4) is 0 Å². The molecule has 1 heterocycles. The lowest BCUT2D eigenvalue weighted by Crippen LogP contribution is -2.28. The summed E-state index contributed by atoms with van der Waals surface area (Å²) in [6.45, 7) is 6.64. The Kier molecular flexibility index (Phi) is 4.97. The number of aromatic nitrogens is 1. The lowest BCUT2D eigenvalue weighted by Gasteiger charge is -2.26. The van der Waals surface area contributed by atoms with Crippen molar-refractivity contribution >= 4 is 22.9 Å². The van der Waals surface area contributed by atoms with Crippen LogP contribution in [-0.4, -0.2) is 4.98 Å². The van der Waals surface area contributed by atoms with E-state index in [1.165, 1.54) is 10.4 Å². The molecule has 1 aromatic carbocycles. The van der Waals surface area contributed by atoms with Crippen LogP contribution in [0.1, 0.15) is 43.3 Å². The molecule has 2 nitrogen and oxygen atoms in total. The summed E-state index contributed by atoms with van der Waals surface area (Å²) in [7, 11) is 0. The number of nitrogens with zero attached hydrogens (tertiary/aromatic N) is 1. The van der Waals surface area contributed by atoms with Gasteiger partial charge in [-0.05, 0) is 30.5 Å². The average molecular weight is 295 g/mol. The Morgan fingerprint density at radius 3 is 2.37 bits per heavy atom. The van der Waals surface area contributed by atoms with Gasteiger partial charge in [-0.3, -0.25) is 4.98 Å². The summed E-state index contributed by atoms with van der Waals surface area (Å²) in [6, 6.07) is 8.71. The molecule has 0 aliphatic rings. The van der Waals surface area contributed by atoms with Gasteiger partial charge >= 0.3 is 0 Å². The molecule has 0 aliphatic heterocycles. The molecule has 0 bridgehead atoms. The van der Waals surface area contributed by atoms with Gasteiger partial charge in [0.15, 0.2) is 0 Å². The first kappa shape index (κ1) is 14.5. The van der Waals surface area contributed by atoms with Gasteiger partial charge in [0.1, 0.15) is 0 Å². The molecule has 2 atom stereocenters. The maximum absolute atomic E-state index is 5.96. The van der Waals surface area contributed by atoms with Crippen molar-refractivity contribution in [1.82, 2.24) is 10.3 Å². The molecule has 2 aromatic rings. The minimum Gasteiger partial charge on any atom is -0.302 e. The maximum atomic E-state index is 5.96. The molecule has 2 unspecified atom stereocenters. The molecule has 0 saturated carbocycles. The highest BCUT2D eigenvalue weighted by Crippen LogP contribution is 2.27. The molecule has 4 heteroatoms. The van der Waals surface area contributed by atoms with Crippen LogP contribution in [0.5, 0.6) is 0 Å². The second-order valence-corrected chi connectivity index (χ2v) is 6.42. The van der Waals surface area contributed by atoms with Gasteiger partial charge in [-0.15, -0.1) is 11.3 Å². The molecule has 0 radical (unpaired) electrons. The lowest BCUT2D eigenvalue weighted by molar-refractivity contribution is 0.376. The molecule has 19 heavy (non-hydrogen) atoms. The van der Waals surface area contributed by atoms with Gasteiger partial charge in [0, 0.05) is 28.2 Å². The number of hydrogen-bond donors (Lipinski definition) is 1. The minimum atomic E-state index is 0.301. The molecule has 1 aromatic heterocycles. The number of halogens is 1. The van der Waals surface area contributed by atoms with Crippen LogP contribution in [0.4, 0.5) is 0 Å². The van der Waals surface area contributed by atoms with Gasteiger partial charge in [0.2, 0.25) is 0 Å². The van der Waals surface area contributed by atoms with Crippen molar-refractivity contribution in [2.45, 2.75) is 32.9 Å². The topological polar surface area (TPSA) is 24.9 Å². The van der Waals surface area contributed by atoms with Crippen LogP contribution in [0.15, 0.2) is 36.0 Å². The van der Waals surface area contributed by atoms with Gasteiger partial charge in [0.05, 0.1) is 5.51 Å². The Labute approximate surface area is 123 Å². The molecular formula is C15H19ClN2S. The van der Waals surface area contributed by atoms with E-state index in [0.29, 0.717) is 18.0 Å². The van der Waals surface area contributed by atoms with Crippen LogP contribution in [-0.2, 0) is 0 Å². The fourth-order valence-corrected chi connectivity index (χ4v) is 2.90. The van der Waals surface area contributed by atoms with E-state index in [4.69, 9.17) is 11.6 Å². The van der Waals surface area contributed by atoms with E-state index in [2.05, 4.69) is 43.2 Å². The molecule has 1 N–H and O–H groups in total. The quantitative estimate of drug-likeness (QED) is 0.853. The van der Waals surface area contributed by atoms with Crippen molar-refractivity contribution in [3.05, 3.63) is 51.4 Å². The van der Waals surface area contributed by atoms with Gasteiger partial charge in [-0.1, -0.05) is 37.6 Å². The predicted octanol–water partition coefficient (Wildman–Crippen LogP) is 4.84. The van der Waals surface area contributed by atoms with Crippen molar-refractivity contribution in [3.8, 4) is 0 Å². The zero-order chi connectivity index (χ0) is 13.8. The van der Waals surface area contributed by atoms with Gasteiger partial charge in [0.25, 0.3) is 0 Å². The second-order valence-electron chi connectivity index (χ2n) is 5.07. The van der Waals surface area contributed by atoms with Gasteiger partial charge < -0.3 is 5.32 Å². The first-order valence-corrected chi connectivity index (χ1v) is 7.73. The summed E-state index contributed by atoms with van der Waals surface area (Å²) in [5, 5.41) is 4.46. The summed E-state index contributed by atoms with van der Waals surface area (Å²) in [6.07, 6.45) is 1.93. The summed E-state index contributed by atoms with van der Waals surface area (Å²) < 4.78 is 0. The monoisotopic (exact) mass is 294 g/mol. The zero-order valence-corrected chi connectivity index (χ0v) is 13.0. The van der Waals surface area contributed by atoms with Crippen molar-refractivity contribution in [3.63, 3.8) is 0 Å². The Morgan fingerprint density at radius 2 is 1.84 bits per heavy atom. The summed E-state index contributed by atoms with van der Waals surface area (Å²) in [5.41, 5.74) is 3.15. The fraction of sp³-hybridized carbons (Fsp3) is 0.400. The van der Waals surface area contributed by atoms with E-state index in [-0.39, 0.29) is 0 Å². The molecule has 0 amide bonds. The smallest absolute Gasteiger partial charge is 0.0794 e. The molecular weight excluding hydrogens is 276 g/mol. The van der Waals surface area contributed by atoms with Crippen LogP contribution >= 0.6 is 22.9 Å². The third-order valence-electron chi connectivity index (χ3n) is 3.20. The largest absolute Gasteiger partial charge is 0.302 e. The third-order valence-corrected chi connectivity index (χ3v) is 4.41. The van der Waals surface area contributed by atoms with Crippen molar-refractivity contribution < 1.29 is 0 Å². The molecule has 2 rings (SSSR count). The third kappa shape index (κ3) is 3.78. The molecule has 102 valence electrons. The second kappa shape index (κ2) is 6.51. The van der Waals surface area contributed by atoms with Crippen LogP contribution in [0.25, 0.3) is 0 Å². The van der Waals surface area contributed by atoms with E-state index in [1.807, 2.05) is 23.8 Å². The van der Waals surface area contributed by atoms with Crippen molar-refractivity contribution in [1.29, 1.82) is 0 Å². The van der Waals surface area contributed by atoms with E-state index in [9.17, 15) is 0 Å². The Balaban J connectivity index is 2.14. The number of rotatable bonds is 5. The first-order chi connectivity index (χ1) is 9.08. The highest BCUT2D eigenvalue weighted by atomic mass is 35.5. The first-order valence-electron chi connectivity index (χ1n) is 6.48. The van der Waals surface area contributed by atoms with Gasteiger partial charge in [-0.25, -0.2) is 0 Å². The van der Waals surface area contributed by atoms with Crippen LogP contribution < -0.4 is 5.32 Å². The van der Waals surface area contributed by atoms with E-state index in [0.717, 1.165) is 5.02 Å².